The summed E-state index contributed by atoms with van der Waals surface area (Å²) in [6, 6.07) is 7.17. The average molecular weight is 376 g/mol. The maximum absolute atomic E-state index is 12.8. The normalized spacial score (nSPS) is 17.9. The first-order valence-electron chi connectivity index (χ1n) is 8.66. The first kappa shape index (κ1) is 18.4. The highest BCUT2D eigenvalue weighted by Crippen LogP contribution is 2.25. The molecule has 1 aromatic carbocycles. The van der Waals surface area contributed by atoms with E-state index in [4.69, 9.17) is 0 Å². The average Bonchev–Trinajstić information content (AvgIpc) is 3.13. The van der Waals surface area contributed by atoms with E-state index in [1.54, 1.807) is 35.5 Å². The number of aromatic amines is 1. The van der Waals surface area contributed by atoms with Gasteiger partial charge in [-0.2, -0.15) is 0 Å². The quantitative estimate of drug-likeness (QED) is 0.863. The molecule has 1 amide bonds. The Labute approximate surface area is 154 Å². The van der Waals surface area contributed by atoms with E-state index >= 15 is 0 Å². The standard InChI is InChI=1S/C18H24N4O3S/c1-14-5-3-7-16(11-14)22(26(2,24)25)13-17(23)21-10-4-6-15(12-21)18-19-8-9-20-18/h3,5,7-9,11,15H,4,6,10,12-13H2,1-2H3,(H,19,20). The van der Waals surface area contributed by atoms with Crippen LogP contribution in [0, 0.1) is 6.92 Å². The highest BCUT2D eigenvalue weighted by molar-refractivity contribution is 7.92. The van der Waals surface area contributed by atoms with E-state index in [0.717, 1.165) is 30.5 Å². The van der Waals surface area contributed by atoms with Crippen LogP contribution in [0.5, 0.6) is 0 Å². The predicted molar refractivity (Wildman–Crippen MR) is 101 cm³/mol. The van der Waals surface area contributed by atoms with E-state index in [1.807, 2.05) is 13.0 Å². The van der Waals surface area contributed by atoms with Crippen LogP contribution in [0.2, 0.25) is 0 Å². The van der Waals surface area contributed by atoms with Crippen molar-refractivity contribution in [3.8, 4) is 0 Å². The van der Waals surface area contributed by atoms with Crippen LogP contribution in [-0.2, 0) is 14.8 Å². The summed E-state index contributed by atoms with van der Waals surface area (Å²) in [7, 11) is -3.56. The van der Waals surface area contributed by atoms with Crippen molar-refractivity contribution in [1.29, 1.82) is 0 Å². The maximum Gasteiger partial charge on any atom is 0.243 e. The first-order valence-corrected chi connectivity index (χ1v) is 10.5. The van der Waals surface area contributed by atoms with Gasteiger partial charge >= 0.3 is 0 Å². The number of benzene rings is 1. The van der Waals surface area contributed by atoms with Gasteiger partial charge in [-0.25, -0.2) is 13.4 Å². The molecule has 140 valence electrons. The van der Waals surface area contributed by atoms with Crippen molar-refractivity contribution in [1.82, 2.24) is 14.9 Å². The second-order valence-corrected chi connectivity index (χ2v) is 8.67. The summed E-state index contributed by atoms with van der Waals surface area (Å²) in [6.45, 7) is 2.90. The smallest absolute Gasteiger partial charge is 0.243 e. The van der Waals surface area contributed by atoms with Crippen LogP contribution < -0.4 is 4.31 Å². The van der Waals surface area contributed by atoms with Gasteiger partial charge in [-0.1, -0.05) is 12.1 Å². The van der Waals surface area contributed by atoms with Gasteiger partial charge in [-0.05, 0) is 37.5 Å². The Kier molecular flexibility index (Phi) is 5.31. The third-order valence-electron chi connectivity index (χ3n) is 4.65. The summed E-state index contributed by atoms with van der Waals surface area (Å²) < 4.78 is 25.7. The van der Waals surface area contributed by atoms with Crippen LogP contribution in [-0.4, -0.2) is 55.1 Å². The largest absolute Gasteiger partial charge is 0.348 e. The number of carbonyl (C=O) groups is 1. The molecule has 2 aromatic rings. The lowest BCUT2D eigenvalue weighted by molar-refractivity contribution is -0.130. The van der Waals surface area contributed by atoms with E-state index in [1.165, 1.54) is 4.31 Å². The van der Waals surface area contributed by atoms with Crippen molar-refractivity contribution >= 4 is 21.6 Å². The van der Waals surface area contributed by atoms with Crippen molar-refractivity contribution in [2.75, 3.05) is 30.2 Å². The zero-order valence-corrected chi connectivity index (χ0v) is 15.9. The number of piperidine rings is 1. The number of aromatic nitrogens is 2. The molecule has 1 N–H and O–H groups in total. The van der Waals surface area contributed by atoms with E-state index in [0.29, 0.717) is 18.8 Å². The van der Waals surface area contributed by atoms with Gasteiger partial charge in [-0.15, -0.1) is 0 Å². The zero-order chi connectivity index (χ0) is 18.7. The lowest BCUT2D eigenvalue weighted by atomic mass is 9.97. The van der Waals surface area contributed by atoms with Gasteiger partial charge < -0.3 is 9.88 Å². The number of likely N-dealkylation sites (tertiary alicyclic amines) is 1. The van der Waals surface area contributed by atoms with Gasteiger partial charge in [0.05, 0.1) is 11.9 Å². The molecule has 1 aromatic heterocycles. The van der Waals surface area contributed by atoms with Crippen LogP contribution in [0.4, 0.5) is 5.69 Å². The van der Waals surface area contributed by atoms with Gasteiger partial charge in [0.25, 0.3) is 0 Å². The monoisotopic (exact) mass is 376 g/mol. The van der Waals surface area contributed by atoms with Crippen LogP contribution >= 0.6 is 0 Å². The van der Waals surface area contributed by atoms with Gasteiger partial charge in [0.15, 0.2) is 0 Å². The lowest BCUT2D eigenvalue weighted by Gasteiger charge is -2.33. The molecule has 3 rings (SSSR count). The SMILES string of the molecule is Cc1cccc(N(CC(=O)N2CCCC(c3ncc[nH]3)C2)S(C)(=O)=O)c1. The molecule has 8 heteroatoms. The Morgan fingerprint density at radius 1 is 1.42 bits per heavy atom. The first-order chi connectivity index (χ1) is 12.3. The number of hydrogen-bond acceptors (Lipinski definition) is 4. The third-order valence-corrected chi connectivity index (χ3v) is 5.79. The van der Waals surface area contributed by atoms with Crippen LogP contribution in [0.15, 0.2) is 36.7 Å². The second kappa shape index (κ2) is 7.49. The minimum atomic E-state index is -3.56. The molecule has 0 bridgehead atoms. The molecule has 1 saturated heterocycles. The van der Waals surface area contributed by atoms with Gasteiger partial charge in [0, 0.05) is 31.4 Å². The number of sulfonamides is 1. The number of imidazole rings is 1. The number of hydrogen-bond donors (Lipinski definition) is 1. The number of amides is 1. The highest BCUT2D eigenvalue weighted by Gasteiger charge is 2.29. The Morgan fingerprint density at radius 3 is 2.88 bits per heavy atom. The van der Waals surface area contributed by atoms with E-state index in [2.05, 4.69) is 9.97 Å². The van der Waals surface area contributed by atoms with Crippen molar-refractivity contribution in [2.45, 2.75) is 25.7 Å². The lowest BCUT2D eigenvalue weighted by Crippen LogP contribution is -2.46. The molecule has 1 unspecified atom stereocenters. The Morgan fingerprint density at radius 2 is 2.23 bits per heavy atom. The Bertz CT molecular complexity index is 864. The molecule has 0 aliphatic carbocycles. The summed E-state index contributed by atoms with van der Waals surface area (Å²) in [5, 5.41) is 0. The zero-order valence-electron chi connectivity index (χ0n) is 15.1. The van der Waals surface area contributed by atoms with Crippen molar-refractivity contribution in [3.05, 3.63) is 48.0 Å². The van der Waals surface area contributed by atoms with Gasteiger partial charge in [0.1, 0.15) is 12.4 Å². The number of H-pyrrole nitrogens is 1. The number of rotatable bonds is 5. The molecular weight excluding hydrogens is 352 g/mol. The fourth-order valence-electron chi connectivity index (χ4n) is 3.33. The van der Waals surface area contributed by atoms with Crippen LogP contribution in [0.3, 0.4) is 0 Å². The highest BCUT2D eigenvalue weighted by atomic mass is 32.2. The summed E-state index contributed by atoms with van der Waals surface area (Å²) >= 11 is 0. The molecule has 1 aliphatic heterocycles. The number of nitrogens with zero attached hydrogens (tertiary/aromatic N) is 3. The van der Waals surface area contributed by atoms with Crippen molar-refractivity contribution in [3.63, 3.8) is 0 Å². The molecule has 0 saturated carbocycles. The Hall–Kier alpha value is -2.35. The van der Waals surface area contributed by atoms with E-state index < -0.39 is 10.0 Å². The summed E-state index contributed by atoms with van der Waals surface area (Å²) in [5.41, 5.74) is 1.46. The summed E-state index contributed by atoms with van der Waals surface area (Å²) in [6.07, 6.45) is 6.45. The number of carbonyl (C=O) groups excluding carboxylic acids is 1. The molecule has 1 atom stereocenters. The molecule has 26 heavy (non-hydrogen) atoms. The van der Waals surface area contributed by atoms with E-state index in [-0.39, 0.29) is 18.4 Å². The van der Waals surface area contributed by atoms with Gasteiger partial charge in [-0.3, -0.25) is 9.10 Å². The maximum atomic E-state index is 12.8. The Balaban J connectivity index is 1.75. The number of nitrogens with one attached hydrogen (secondary N) is 1. The topological polar surface area (TPSA) is 86.4 Å². The minimum absolute atomic E-state index is 0.161. The fourth-order valence-corrected chi connectivity index (χ4v) is 4.18. The second-order valence-electron chi connectivity index (χ2n) is 6.76. The molecular formula is C18H24N4O3S. The molecule has 2 heterocycles. The molecule has 7 nitrogen and oxygen atoms in total. The summed E-state index contributed by atoms with van der Waals surface area (Å²) in [5.74, 6) is 0.850. The molecule has 1 fully saturated rings. The number of aryl methyl sites for hydroxylation is 1. The van der Waals surface area contributed by atoms with Crippen LogP contribution in [0.1, 0.15) is 30.1 Å². The summed E-state index contributed by atoms with van der Waals surface area (Å²) in [4.78, 5) is 22.0. The fraction of sp³-hybridized carbons (Fsp3) is 0.444. The predicted octanol–water partition coefficient (Wildman–Crippen LogP) is 1.89. The minimum Gasteiger partial charge on any atom is -0.348 e. The third kappa shape index (κ3) is 4.24. The molecule has 1 aliphatic rings. The van der Waals surface area contributed by atoms with Gasteiger partial charge in [0.2, 0.25) is 15.9 Å². The van der Waals surface area contributed by atoms with Crippen LogP contribution in [0.25, 0.3) is 0 Å². The van der Waals surface area contributed by atoms with Crippen molar-refractivity contribution < 1.29 is 13.2 Å². The molecule has 0 spiro atoms. The number of anilines is 1. The van der Waals surface area contributed by atoms with E-state index in [9.17, 15) is 13.2 Å². The molecule has 0 radical (unpaired) electrons. The van der Waals surface area contributed by atoms with Crippen molar-refractivity contribution in [2.24, 2.45) is 0 Å².